The van der Waals surface area contributed by atoms with Gasteiger partial charge in [0.15, 0.2) is 0 Å². The number of hydrogen-bond donors (Lipinski definition) is 0. The number of methoxy groups -OCH3 is 1. The third kappa shape index (κ3) is 2.37. The molecule has 15 heavy (non-hydrogen) atoms. The van der Waals surface area contributed by atoms with Crippen LogP contribution in [0, 0.1) is 5.92 Å². The van der Waals surface area contributed by atoms with E-state index in [0.29, 0.717) is 0 Å². The van der Waals surface area contributed by atoms with Crippen LogP contribution in [0.25, 0.3) is 0 Å². The van der Waals surface area contributed by atoms with Gasteiger partial charge in [0.05, 0.1) is 13.0 Å². The largest absolute Gasteiger partial charge is 0.469 e. The lowest BCUT2D eigenvalue weighted by atomic mass is 10.0. The molecule has 0 saturated carbocycles. The Morgan fingerprint density at radius 2 is 2.27 bits per heavy atom. The van der Waals surface area contributed by atoms with Crippen LogP contribution in [0.2, 0.25) is 0 Å². The van der Waals surface area contributed by atoms with Gasteiger partial charge in [0.25, 0.3) is 0 Å². The van der Waals surface area contributed by atoms with Gasteiger partial charge < -0.3 is 9.30 Å². The monoisotopic (exact) mass is 210 g/mol. The Morgan fingerprint density at radius 3 is 2.80 bits per heavy atom. The Labute approximate surface area is 90.3 Å². The predicted molar refractivity (Wildman–Crippen MR) is 57.5 cm³/mol. The van der Waals surface area contributed by atoms with E-state index in [9.17, 15) is 4.79 Å². The van der Waals surface area contributed by atoms with E-state index < -0.39 is 0 Å². The molecule has 0 amide bonds. The lowest BCUT2D eigenvalue weighted by Crippen LogP contribution is -2.23. The Kier molecular flexibility index (Phi) is 3.88. The summed E-state index contributed by atoms with van der Waals surface area (Å²) in [5.41, 5.74) is 0. The molecule has 0 saturated heterocycles. The van der Waals surface area contributed by atoms with Crippen LogP contribution >= 0.6 is 0 Å². The predicted octanol–water partition coefficient (Wildman–Crippen LogP) is 1.82. The van der Waals surface area contributed by atoms with Crippen molar-refractivity contribution in [2.45, 2.75) is 33.2 Å². The molecule has 0 bridgehead atoms. The highest BCUT2D eigenvalue weighted by atomic mass is 16.5. The number of hydrogen-bond acceptors (Lipinski definition) is 3. The van der Waals surface area contributed by atoms with Crippen molar-refractivity contribution in [3.8, 4) is 0 Å². The Bertz CT molecular complexity index is 333. The van der Waals surface area contributed by atoms with Crippen molar-refractivity contribution in [1.82, 2.24) is 9.55 Å². The number of aromatic nitrogens is 2. The Hall–Kier alpha value is -1.32. The molecule has 1 aromatic heterocycles. The number of carbonyl (C=O) groups is 1. The molecule has 2 unspecified atom stereocenters. The second-order valence-corrected chi connectivity index (χ2v) is 3.66. The molecular weight excluding hydrogens is 192 g/mol. The summed E-state index contributed by atoms with van der Waals surface area (Å²) < 4.78 is 6.76. The van der Waals surface area contributed by atoms with Crippen molar-refractivity contribution in [3.63, 3.8) is 0 Å². The molecule has 0 aliphatic heterocycles. The van der Waals surface area contributed by atoms with Gasteiger partial charge in [-0.25, -0.2) is 4.98 Å². The lowest BCUT2D eigenvalue weighted by Gasteiger charge is -2.20. The van der Waals surface area contributed by atoms with E-state index in [1.807, 2.05) is 31.5 Å². The van der Waals surface area contributed by atoms with Crippen LogP contribution in [-0.2, 0) is 16.0 Å². The summed E-state index contributed by atoms with van der Waals surface area (Å²) >= 11 is 0. The molecule has 0 N–H and O–H groups in total. The van der Waals surface area contributed by atoms with Crippen LogP contribution in [-0.4, -0.2) is 22.6 Å². The molecule has 0 aliphatic carbocycles. The molecule has 0 spiro atoms. The Morgan fingerprint density at radius 1 is 1.60 bits per heavy atom. The number of ether oxygens (including phenoxy) is 1. The summed E-state index contributed by atoms with van der Waals surface area (Å²) in [7, 11) is 1.42. The first-order valence-electron chi connectivity index (χ1n) is 5.21. The van der Waals surface area contributed by atoms with E-state index in [0.717, 1.165) is 12.2 Å². The minimum Gasteiger partial charge on any atom is -0.469 e. The second-order valence-electron chi connectivity index (χ2n) is 3.66. The number of nitrogens with zero attached hydrogens (tertiary/aromatic N) is 2. The van der Waals surface area contributed by atoms with Crippen LogP contribution in [0.4, 0.5) is 0 Å². The van der Waals surface area contributed by atoms with Gasteiger partial charge in [0.2, 0.25) is 0 Å². The first-order chi connectivity index (χ1) is 7.11. The quantitative estimate of drug-likeness (QED) is 0.712. The topological polar surface area (TPSA) is 44.1 Å². The van der Waals surface area contributed by atoms with Crippen molar-refractivity contribution < 1.29 is 9.53 Å². The zero-order valence-electron chi connectivity index (χ0n) is 9.73. The van der Waals surface area contributed by atoms with Gasteiger partial charge >= 0.3 is 5.97 Å². The zero-order valence-corrected chi connectivity index (χ0v) is 9.73. The van der Waals surface area contributed by atoms with Crippen molar-refractivity contribution in [3.05, 3.63) is 18.2 Å². The fraction of sp³-hybridized carbons (Fsp3) is 0.636. The number of carbonyl (C=O) groups excluding carboxylic acids is 1. The summed E-state index contributed by atoms with van der Waals surface area (Å²) in [6, 6.07) is 0.0786. The van der Waals surface area contributed by atoms with Gasteiger partial charge in [-0.2, -0.15) is 0 Å². The molecule has 4 nitrogen and oxygen atoms in total. The SMILES string of the molecule is CCc1nccn1C(C)C(C)C(=O)OC. The molecule has 1 heterocycles. The molecule has 1 rings (SSSR count). The second kappa shape index (κ2) is 4.96. The number of aryl methyl sites for hydroxylation is 1. The fourth-order valence-electron chi connectivity index (χ4n) is 1.61. The molecule has 4 heteroatoms. The summed E-state index contributed by atoms with van der Waals surface area (Å²) in [4.78, 5) is 15.6. The maximum Gasteiger partial charge on any atom is 0.310 e. The van der Waals surface area contributed by atoms with E-state index in [1.165, 1.54) is 7.11 Å². The van der Waals surface area contributed by atoms with Gasteiger partial charge in [-0.3, -0.25) is 4.79 Å². The third-order valence-corrected chi connectivity index (χ3v) is 2.80. The van der Waals surface area contributed by atoms with Crippen molar-refractivity contribution >= 4 is 5.97 Å². The standard InChI is InChI=1S/C11H18N2O2/c1-5-10-12-6-7-13(10)9(3)8(2)11(14)15-4/h6-9H,5H2,1-4H3. The van der Waals surface area contributed by atoms with Crippen LogP contribution in [0.1, 0.15) is 32.6 Å². The van der Waals surface area contributed by atoms with E-state index in [1.54, 1.807) is 6.20 Å². The first kappa shape index (κ1) is 11.8. The minimum atomic E-state index is -0.182. The van der Waals surface area contributed by atoms with E-state index in [2.05, 4.69) is 4.98 Å². The maximum absolute atomic E-state index is 11.4. The number of rotatable bonds is 4. The lowest BCUT2D eigenvalue weighted by molar-refractivity contribution is -0.146. The summed E-state index contributed by atoms with van der Waals surface area (Å²) in [5.74, 6) is 0.658. The molecule has 84 valence electrons. The van der Waals surface area contributed by atoms with Crippen LogP contribution in [0.5, 0.6) is 0 Å². The highest BCUT2D eigenvalue weighted by molar-refractivity contribution is 5.72. The minimum absolute atomic E-state index is 0.0786. The van der Waals surface area contributed by atoms with Gasteiger partial charge in [0.1, 0.15) is 5.82 Å². The highest BCUT2D eigenvalue weighted by Crippen LogP contribution is 2.20. The van der Waals surface area contributed by atoms with Gasteiger partial charge in [-0.15, -0.1) is 0 Å². The molecule has 0 radical (unpaired) electrons. The van der Waals surface area contributed by atoms with Gasteiger partial charge in [-0.05, 0) is 13.8 Å². The van der Waals surface area contributed by atoms with Crippen molar-refractivity contribution in [2.75, 3.05) is 7.11 Å². The third-order valence-electron chi connectivity index (χ3n) is 2.80. The molecule has 0 aliphatic rings. The zero-order chi connectivity index (χ0) is 11.4. The number of imidazole rings is 1. The molecule has 0 fully saturated rings. The van der Waals surface area contributed by atoms with Gasteiger partial charge in [-0.1, -0.05) is 6.92 Å². The fourth-order valence-corrected chi connectivity index (χ4v) is 1.61. The summed E-state index contributed by atoms with van der Waals surface area (Å²) in [6.07, 6.45) is 4.54. The summed E-state index contributed by atoms with van der Waals surface area (Å²) in [6.45, 7) is 5.92. The summed E-state index contributed by atoms with van der Waals surface area (Å²) in [5, 5.41) is 0. The van der Waals surface area contributed by atoms with E-state index in [-0.39, 0.29) is 17.9 Å². The maximum atomic E-state index is 11.4. The molecule has 2 atom stereocenters. The molecule has 1 aromatic rings. The highest BCUT2D eigenvalue weighted by Gasteiger charge is 2.23. The average molecular weight is 210 g/mol. The van der Waals surface area contributed by atoms with E-state index >= 15 is 0 Å². The average Bonchev–Trinajstić information content (AvgIpc) is 2.73. The van der Waals surface area contributed by atoms with Crippen LogP contribution in [0.3, 0.4) is 0 Å². The Balaban J connectivity index is 2.84. The normalized spacial score (nSPS) is 14.7. The van der Waals surface area contributed by atoms with E-state index in [4.69, 9.17) is 4.74 Å². The van der Waals surface area contributed by atoms with Crippen LogP contribution in [0.15, 0.2) is 12.4 Å². The smallest absolute Gasteiger partial charge is 0.310 e. The van der Waals surface area contributed by atoms with Crippen LogP contribution < -0.4 is 0 Å². The molecular formula is C11H18N2O2. The first-order valence-corrected chi connectivity index (χ1v) is 5.21. The number of esters is 1. The van der Waals surface area contributed by atoms with Gasteiger partial charge in [0, 0.05) is 24.9 Å². The molecule has 0 aromatic carbocycles. The van der Waals surface area contributed by atoms with Crippen molar-refractivity contribution in [2.24, 2.45) is 5.92 Å². The van der Waals surface area contributed by atoms with Crippen molar-refractivity contribution in [1.29, 1.82) is 0 Å².